The molecule has 0 unspecified atom stereocenters. The molecule has 0 aromatic heterocycles. The largest absolute Gasteiger partial charge is 0.474 e. The molecule has 0 atom stereocenters. The predicted molar refractivity (Wildman–Crippen MR) is 94.9 cm³/mol. The molecule has 0 heterocycles. The molecule has 5 heteroatoms. The van der Waals surface area contributed by atoms with E-state index in [4.69, 9.17) is 13.6 Å². The fourth-order valence-electron chi connectivity index (χ4n) is 2.21. The minimum atomic E-state index is -3.37. The van der Waals surface area contributed by atoms with E-state index in [0.29, 0.717) is 19.8 Å². The highest BCUT2D eigenvalue weighted by Crippen LogP contribution is 2.49. The Hall–Kier alpha value is -0.670. The van der Waals surface area contributed by atoms with E-state index in [1.807, 2.05) is 0 Å². The Morgan fingerprint density at radius 1 is 0.957 bits per heavy atom. The van der Waals surface area contributed by atoms with Crippen molar-refractivity contribution in [3.05, 3.63) is 35.4 Å². The van der Waals surface area contributed by atoms with Crippen LogP contribution in [0.25, 0.3) is 0 Å². The molecule has 0 aliphatic carbocycles. The molecule has 0 bridgehead atoms. The van der Waals surface area contributed by atoms with Crippen LogP contribution < -0.4 is 0 Å². The maximum Gasteiger partial charge on any atom is 0.474 e. The molecular formula is C18H31O4P. The van der Waals surface area contributed by atoms with Crippen LogP contribution in [0.15, 0.2) is 24.3 Å². The van der Waals surface area contributed by atoms with Gasteiger partial charge in [0.2, 0.25) is 0 Å². The molecule has 0 fully saturated rings. The Morgan fingerprint density at radius 2 is 1.52 bits per heavy atom. The minimum Gasteiger partial charge on any atom is -0.287 e. The van der Waals surface area contributed by atoms with Gasteiger partial charge in [0.1, 0.15) is 0 Å². The number of phosphoric acid groups is 1. The predicted octanol–water partition coefficient (Wildman–Crippen LogP) is 5.50. The second kappa shape index (κ2) is 9.58. The number of rotatable bonds is 11. The van der Waals surface area contributed by atoms with Gasteiger partial charge in [-0.15, -0.1) is 0 Å². The maximum absolute atomic E-state index is 12.1. The van der Waals surface area contributed by atoms with Crippen LogP contribution in [0, 0.1) is 0 Å². The highest BCUT2D eigenvalue weighted by atomic mass is 31.2. The molecule has 0 spiro atoms. The summed E-state index contributed by atoms with van der Waals surface area (Å²) < 4.78 is 27.7. The first-order valence-corrected chi connectivity index (χ1v) is 9.96. The number of aryl methyl sites for hydroxylation is 1. The van der Waals surface area contributed by atoms with E-state index in [0.717, 1.165) is 19.3 Å². The summed E-state index contributed by atoms with van der Waals surface area (Å²) in [5.41, 5.74) is 2.83. The van der Waals surface area contributed by atoms with Gasteiger partial charge in [0, 0.05) is 0 Å². The lowest BCUT2D eigenvalue weighted by Crippen LogP contribution is -2.15. The van der Waals surface area contributed by atoms with Crippen LogP contribution in [0.1, 0.15) is 58.6 Å². The Balaban J connectivity index is 2.45. The van der Waals surface area contributed by atoms with Gasteiger partial charge in [-0.25, -0.2) is 4.57 Å². The van der Waals surface area contributed by atoms with Crippen molar-refractivity contribution in [2.75, 3.05) is 19.8 Å². The van der Waals surface area contributed by atoms with Crippen molar-refractivity contribution in [2.45, 2.75) is 59.3 Å². The summed E-state index contributed by atoms with van der Waals surface area (Å²) in [5, 5.41) is 0. The fourth-order valence-corrected chi connectivity index (χ4v) is 3.42. The van der Waals surface area contributed by atoms with Crippen LogP contribution in [-0.2, 0) is 30.0 Å². The van der Waals surface area contributed by atoms with E-state index < -0.39 is 7.82 Å². The molecule has 0 radical (unpaired) electrons. The smallest absolute Gasteiger partial charge is 0.287 e. The topological polar surface area (TPSA) is 44.8 Å². The van der Waals surface area contributed by atoms with Gasteiger partial charge < -0.3 is 0 Å². The van der Waals surface area contributed by atoms with Crippen molar-refractivity contribution >= 4 is 7.82 Å². The van der Waals surface area contributed by atoms with Gasteiger partial charge in [-0.05, 0) is 49.7 Å². The second-order valence-electron chi connectivity index (χ2n) is 6.15. The van der Waals surface area contributed by atoms with Crippen molar-refractivity contribution < 1.29 is 18.1 Å². The van der Waals surface area contributed by atoms with E-state index in [-0.39, 0.29) is 5.41 Å². The summed E-state index contributed by atoms with van der Waals surface area (Å²) in [4.78, 5) is 0. The normalized spacial score (nSPS) is 12.6. The van der Waals surface area contributed by atoms with Crippen LogP contribution >= 0.6 is 7.82 Å². The molecule has 132 valence electrons. The van der Waals surface area contributed by atoms with Crippen LogP contribution in [-0.4, -0.2) is 19.8 Å². The zero-order chi connectivity index (χ0) is 17.3. The third-order valence-electron chi connectivity index (χ3n) is 4.05. The highest BCUT2D eigenvalue weighted by Gasteiger charge is 2.24. The average molecular weight is 342 g/mol. The number of hydrogen-bond donors (Lipinski definition) is 0. The number of phosphoric ester groups is 1. The van der Waals surface area contributed by atoms with Gasteiger partial charge in [0.05, 0.1) is 19.8 Å². The molecule has 0 saturated heterocycles. The third kappa shape index (κ3) is 6.76. The zero-order valence-electron chi connectivity index (χ0n) is 15.1. The van der Waals surface area contributed by atoms with E-state index in [1.54, 1.807) is 13.8 Å². The Bertz CT molecular complexity index is 486. The van der Waals surface area contributed by atoms with Crippen molar-refractivity contribution in [1.29, 1.82) is 0 Å². The lowest BCUT2D eigenvalue weighted by atomic mass is 9.82. The molecule has 0 N–H and O–H groups in total. The summed E-state index contributed by atoms with van der Waals surface area (Å²) in [6.45, 7) is 11.3. The van der Waals surface area contributed by atoms with Crippen LogP contribution in [0.2, 0.25) is 0 Å². The molecule has 23 heavy (non-hydrogen) atoms. The Kier molecular flexibility index (Phi) is 8.49. The SMILES string of the molecule is CCOP(=O)(OCC)OCCCc1ccc(C(C)(C)CC)cc1. The summed E-state index contributed by atoms with van der Waals surface area (Å²) in [6, 6.07) is 8.73. The monoisotopic (exact) mass is 342 g/mol. The third-order valence-corrected chi connectivity index (χ3v) is 5.70. The van der Waals surface area contributed by atoms with Gasteiger partial charge >= 0.3 is 7.82 Å². The molecular weight excluding hydrogens is 311 g/mol. The van der Waals surface area contributed by atoms with E-state index in [1.165, 1.54) is 11.1 Å². The Morgan fingerprint density at radius 3 is 2.00 bits per heavy atom. The van der Waals surface area contributed by atoms with Crippen molar-refractivity contribution in [2.24, 2.45) is 0 Å². The average Bonchev–Trinajstić information content (AvgIpc) is 2.52. The van der Waals surface area contributed by atoms with Crippen LogP contribution in [0.5, 0.6) is 0 Å². The standard InChI is InChI=1S/C18H31O4P/c1-6-18(4,5)17-13-11-16(12-14-17)10-9-15-22-23(19,20-7-2)21-8-3/h11-14H,6-10,15H2,1-5H3. The zero-order valence-corrected chi connectivity index (χ0v) is 16.0. The van der Waals surface area contributed by atoms with Crippen molar-refractivity contribution in [3.8, 4) is 0 Å². The molecule has 0 aliphatic rings. The molecule has 0 saturated carbocycles. The summed E-state index contributed by atoms with van der Waals surface area (Å²) in [6.07, 6.45) is 2.77. The lowest BCUT2D eigenvalue weighted by molar-refractivity contribution is 0.120. The van der Waals surface area contributed by atoms with Gasteiger partial charge in [-0.3, -0.25) is 13.6 Å². The second-order valence-corrected chi connectivity index (χ2v) is 7.82. The first-order chi connectivity index (χ1) is 10.9. The number of hydrogen-bond acceptors (Lipinski definition) is 4. The number of benzene rings is 1. The quantitative estimate of drug-likeness (QED) is 0.393. The van der Waals surface area contributed by atoms with Gasteiger partial charge in [0.25, 0.3) is 0 Å². The summed E-state index contributed by atoms with van der Waals surface area (Å²) >= 11 is 0. The summed E-state index contributed by atoms with van der Waals surface area (Å²) in [7, 11) is -3.37. The molecule has 4 nitrogen and oxygen atoms in total. The molecule has 1 rings (SSSR count). The minimum absolute atomic E-state index is 0.212. The van der Waals surface area contributed by atoms with E-state index in [9.17, 15) is 4.57 Å². The van der Waals surface area contributed by atoms with Crippen molar-refractivity contribution in [1.82, 2.24) is 0 Å². The Labute approximate surface area is 141 Å². The molecule has 1 aromatic carbocycles. The fraction of sp³-hybridized carbons (Fsp3) is 0.667. The van der Waals surface area contributed by atoms with Crippen LogP contribution in [0.3, 0.4) is 0 Å². The van der Waals surface area contributed by atoms with E-state index >= 15 is 0 Å². The van der Waals surface area contributed by atoms with E-state index in [2.05, 4.69) is 45.0 Å². The lowest BCUT2D eigenvalue weighted by Gasteiger charge is -2.23. The highest BCUT2D eigenvalue weighted by molar-refractivity contribution is 7.48. The van der Waals surface area contributed by atoms with Crippen LogP contribution in [0.4, 0.5) is 0 Å². The maximum atomic E-state index is 12.1. The van der Waals surface area contributed by atoms with Gasteiger partial charge in [0.15, 0.2) is 0 Å². The first-order valence-electron chi connectivity index (χ1n) is 8.50. The van der Waals surface area contributed by atoms with Gasteiger partial charge in [-0.2, -0.15) is 0 Å². The molecule has 1 aromatic rings. The molecule has 0 amide bonds. The van der Waals surface area contributed by atoms with Crippen molar-refractivity contribution in [3.63, 3.8) is 0 Å². The first kappa shape index (κ1) is 20.4. The molecule has 0 aliphatic heterocycles. The summed E-state index contributed by atoms with van der Waals surface area (Å²) in [5.74, 6) is 0. The van der Waals surface area contributed by atoms with Gasteiger partial charge in [-0.1, -0.05) is 45.0 Å².